The van der Waals surface area contributed by atoms with Crippen LogP contribution in [0.3, 0.4) is 0 Å². The summed E-state index contributed by atoms with van der Waals surface area (Å²) in [7, 11) is 0. The van der Waals surface area contributed by atoms with E-state index >= 15 is 0 Å². The molecule has 2 heteroatoms. The molecule has 0 bridgehead atoms. The third kappa shape index (κ3) is 4.56. The fraction of sp³-hybridized carbons (Fsp3) is 0.0588. The van der Waals surface area contributed by atoms with E-state index in [1.54, 1.807) is 0 Å². The summed E-state index contributed by atoms with van der Waals surface area (Å²) in [5, 5.41) is 5.24. The van der Waals surface area contributed by atoms with Gasteiger partial charge in [0.2, 0.25) is 0 Å². The van der Waals surface area contributed by atoms with Gasteiger partial charge in [0, 0.05) is 47.6 Å². The van der Waals surface area contributed by atoms with Crippen LogP contribution in [0.25, 0.3) is 92.2 Å². The SMILES string of the molecule is CC1(C)c2cc(-c3ccc(-n4c5ccc(-c6ccccc6)cc5c5cc(-c6ccccc6)ccc54)cc3)ccc2-c2c1ccc1c2sc2ccccc21. The van der Waals surface area contributed by atoms with Crippen molar-refractivity contribution in [1.82, 2.24) is 4.57 Å². The average molecular weight is 694 g/mol. The van der Waals surface area contributed by atoms with Gasteiger partial charge in [-0.2, -0.15) is 0 Å². The number of benzene rings is 8. The van der Waals surface area contributed by atoms with Gasteiger partial charge in [-0.1, -0.05) is 141 Å². The predicted molar refractivity (Wildman–Crippen MR) is 228 cm³/mol. The van der Waals surface area contributed by atoms with Crippen molar-refractivity contribution in [2.45, 2.75) is 19.3 Å². The summed E-state index contributed by atoms with van der Waals surface area (Å²) in [5.41, 5.74) is 16.5. The lowest BCUT2D eigenvalue weighted by molar-refractivity contribution is 0.661. The molecule has 10 aromatic rings. The molecule has 0 aliphatic heterocycles. The van der Waals surface area contributed by atoms with Crippen LogP contribution in [0.5, 0.6) is 0 Å². The zero-order valence-corrected chi connectivity index (χ0v) is 30.4. The van der Waals surface area contributed by atoms with Crippen LogP contribution in [0.4, 0.5) is 0 Å². The summed E-state index contributed by atoms with van der Waals surface area (Å²) < 4.78 is 5.19. The lowest BCUT2D eigenvalue weighted by Gasteiger charge is -2.22. The van der Waals surface area contributed by atoms with Crippen molar-refractivity contribution in [2.24, 2.45) is 0 Å². The molecule has 250 valence electrons. The van der Waals surface area contributed by atoms with Gasteiger partial charge in [-0.3, -0.25) is 0 Å². The molecular weight excluding hydrogens is 659 g/mol. The van der Waals surface area contributed by atoms with Crippen LogP contribution in [0.1, 0.15) is 25.0 Å². The lowest BCUT2D eigenvalue weighted by Crippen LogP contribution is -2.14. The number of hydrogen-bond donors (Lipinski definition) is 0. The summed E-state index contributed by atoms with van der Waals surface area (Å²) in [5.74, 6) is 0. The van der Waals surface area contributed by atoms with Gasteiger partial charge in [-0.05, 0) is 98.6 Å². The predicted octanol–water partition coefficient (Wildman–Crippen LogP) is 14.5. The largest absolute Gasteiger partial charge is 0.309 e. The highest BCUT2D eigenvalue weighted by Gasteiger charge is 2.37. The normalized spacial score (nSPS) is 13.2. The topological polar surface area (TPSA) is 4.93 Å². The minimum atomic E-state index is -0.0782. The smallest absolute Gasteiger partial charge is 0.0541 e. The van der Waals surface area contributed by atoms with Crippen LogP contribution in [-0.2, 0) is 5.41 Å². The zero-order chi connectivity index (χ0) is 35.3. The first-order valence-corrected chi connectivity index (χ1v) is 19.2. The Morgan fingerprint density at radius 2 is 0.962 bits per heavy atom. The monoisotopic (exact) mass is 693 g/mol. The van der Waals surface area contributed by atoms with E-state index in [0.29, 0.717) is 0 Å². The van der Waals surface area contributed by atoms with Crippen LogP contribution >= 0.6 is 11.3 Å². The van der Waals surface area contributed by atoms with Crippen LogP contribution < -0.4 is 0 Å². The molecule has 0 atom stereocenters. The number of fused-ring (bicyclic) bond motifs is 10. The first-order valence-electron chi connectivity index (χ1n) is 18.4. The molecule has 8 aromatic carbocycles. The van der Waals surface area contributed by atoms with Crippen molar-refractivity contribution < 1.29 is 0 Å². The molecule has 0 fully saturated rings. The molecule has 0 amide bonds. The minimum Gasteiger partial charge on any atom is -0.309 e. The second-order valence-corrected chi connectivity index (χ2v) is 16.0. The van der Waals surface area contributed by atoms with Gasteiger partial charge in [0.05, 0.1) is 11.0 Å². The maximum Gasteiger partial charge on any atom is 0.0541 e. The van der Waals surface area contributed by atoms with Crippen molar-refractivity contribution in [3.63, 3.8) is 0 Å². The van der Waals surface area contributed by atoms with E-state index in [-0.39, 0.29) is 5.41 Å². The summed E-state index contributed by atoms with van der Waals surface area (Å²) in [4.78, 5) is 0. The minimum absolute atomic E-state index is 0.0782. The van der Waals surface area contributed by atoms with E-state index in [1.165, 1.54) is 97.6 Å². The highest BCUT2D eigenvalue weighted by atomic mass is 32.1. The molecule has 2 heterocycles. The van der Waals surface area contributed by atoms with Gasteiger partial charge in [0.25, 0.3) is 0 Å². The molecular formula is C51H35NS. The van der Waals surface area contributed by atoms with Gasteiger partial charge >= 0.3 is 0 Å². The lowest BCUT2D eigenvalue weighted by atomic mass is 9.81. The molecule has 0 radical (unpaired) electrons. The van der Waals surface area contributed by atoms with Gasteiger partial charge < -0.3 is 4.57 Å². The van der Waals surface area contributed by atoms with E-state index < -0.39 is 0 Å². The first-order chi connectivity index (χ1) is 26.0. The highest BCUT2D eigenvalue weighted by molar-refractivity contribution is 7.26. The quantitative estimate of drug-likeness (QED) is 0.173. The Hall–Kier alpha value is -6.22. The second kappa shape index (κ2) is 11.4. The Morgan fingerprint density at radius 3 is 1.62 bits per heavy atom. The average Bonchev–Trinajstić information content (AvgIpc) is 3.83. The molecule has 0 spiro atoms. The maximum atomic E-state index is 2.44. The Labute approximate surface area is 313 Å². The fourth-order valence-corrected chi connectivity index (χ4v) is 10.2. The van der Waals surface area contributed by atoms with Crippen molar-refractivity contribution in [2.75, 3.05) is 0 Å². The van der Waals surface area contributed by atoms with Gasteiger partial charge in [0.15, 0.2) is 0 Å². The van der Waals surface area contributed by atoms with Gasteiger partial charge in [0.1, 0.15) is 0 Å². The third-order valence-electron chi connectivity index (χ3n) is 11.6. The highest BCUT2D eigenvalue weighted by Crippen LogP contribution is 2.54. The van der Waals surface area contributed by atoms with Crippen LogP contribution in [0, 0.1) is 0 Å². The summed E-state index contributed by atoms with van der Waals surface area (Å²) in [6, 6.07) is 65.1. The number of thiophene rings is 1. The Kier molecular flexibility index (Phi) is 6.53. The van der Waals surface area contributed by atoms with E-state index in [4.69, 9.17) is 0 Å². The van der Waals surface area contributed by atoms with E-state index in [9.17, 15) is 0 Å². The zero-order valence-electron chi connectivity index (χ0n) is 29.6. The van der Waals surface area contributed by atoms with Crippen LogP contribution in [0.15, 0.2) is 176 Å². The third-order valence-corrected chi connectivity index (χ3v) is 12.8. The number of hydrogen-bond acceptors (Lipinski definition) is 1. The van der Waals surface area contributed by atoms with Crippen molar-refractivity contribution in [1.29, 1.82) is 0 Å². The van der Waals surface area contributed by atoms with E-state index in [1.807, 2.05) is 11.3 Å². The van der Waals surface area contributed by atoms with E-state index in [0.717, 1.165) is 5.69 Å². The molecule has 1 nitrogen and oxygen atoms in total. The molecule has 1 aliphatic rings. The number of aromatic nitrogens is 1. The molecule has 2 aromatic heterocycles. The van der Waals surface area contributed by atoms with Crippen LogP contribution in [0.2, 0.25) is 0 Å². The van der Waals surface area contributed by atoms with Crippen LogP contribution in [-0.4, -0.2) is 4.57 Å². The maximum absolute atomic E-state index is 2.44. The molecule has 0 unspecified atom stereocenters. The first kappa shape index (κ1) is 30.4. The van der Waals surface area contributed by atoms with Gasteiger partial charge in [-0.25, -0.2) is 0 Å². The Bertz CT molecular complexity index is 2960. The van der Waals surface area contributed by atoms with E-state index in [2.05, 4.69) is 194 Å². The molecule has 0 N–H and O–H groups in total. The summed E-state index contributed by atoms with van der Waals surface area (Å²) >= 11 is 1.93. The number of rotatable bonds is 4. The van der Waals surface area contributed by atoms with Crippen molar-refractivity contribution >= 4 is 53.3 Å². The fourth-order valence-electron chi connectivity index (χ4n) is 8.91. The Balaban J connectivity index is 1.02. The molecule has 0 saturated carbocycles. The Morgan fingerprint density at radius 1 is 0.415 bits per heavy atom. The summed E-state index contributed by atoms with van der Waals surface area (Å²) in [6.45, 7) is 4.77. The van der Waals surface area contributed by atoms with Crippen molar-refractivity contribution in [3.8, 4) is 50.2 Å². The standard InChI is InChI=1S/C51H35NS/c1-51(2)44-26-25-40-39-15-9-10-16-48(39)53-50(40)49(44)41-24-19-37(31-45(41)51)34-17-22-38(23-18-34)52-46-27-20-35(32-11-5-3-6-12-32)29-42(46)43-30-36(21-28-47(43)52)33-13-7-4-8-14-33/h3-31H,1-2H3. The summed E-state index contributed by atoms with van der Waals surface area (Å²) in [6.07, 6.45) is 0. The second-order valence-electron chi connectivity index (χ2n) is 14.9. The van der Waals surface area contributed by atoms with Crippen molar-refractivity contribution in [3.05, 3.63) is 187 Å². The molecule has 11 rings (SSSR count). The molecule has 0 saturated heterocycles. The van der Waals surface area contributed by atoms with Gasteiger partial charge in [-0.15, -0.1) is 11.3 Å². The molecule has 1 aliphatic carbocycles. The molecule has 53 heavy (non-hydrogen) atoms. The number of nitrogens with zero attached hydrogens (tertiary/aromatic N) is 1.